The van der Waals surface area contributed by atoms with E-state index in [1.165, 1.54) is 0 Å². The Morgan fingerprint density at radius 2 is 1.88 bits per heavy atom. The maximum Gasteiger partial charge on any atom is 0.241 e. The molecule has 0 saturated carbocycles. The van der Waals surface area contributed by atoms with E-state index >= 15 is 0 Å². The van der Waals surface area contributed by atoms with Crippen molar-refractivity contribution in [2.45, 2.75) is 31.6 Å². The minimum atomic E-state index is 0.560. The standard InChI is InChI=1S/C17H20N6OS/c1-3-8-25-17-19-9-13(10-20-17)11-23(2)12-15-21-16(22-24-15)14-4-6-18-7-5-14/h4-7,9-10H,3,8,11-12H2,1-2H3. The Hall–Kier alpha value is -2.32. The van der Waals surface area contributed by atoms with Crippen LogP contribution in [-0.4, -0.2) is 42.8 Å². The fourth-order valence-electron chi connectivity index (χ4n) is 2.23. The number of hydrogen-bond acceptors (Lipinski definition) is 8. The predicted molar refractivity (Wildman–Crippen MR) is 95.7 cm³/mol. The molecule has 0 unspecified atom stereocenters. The van der Waals surface area contributed by atoms with Gasteiger partial charge in [-0.05, 0) is 25.6 Å². The average Bonchev–Trinajstić information content (AvgIpc) is 3.10. The van der Waals surface area contributed by atoms with Crippen molar-refractivity contribution in [1.29, 1.82) is 0 Å². The number of hydrogen-bond donors (Lipinski definition) is 0. The van der Waals surface area contributed by atoms with Crippen LogP contribution in [0.25, 0.3) is 11.4 Å². The lowest BCUT2D eigenvalue weighted by molar-refractivity contribution is 0.260. The molecule has 8 heteroatoms. The minimum absolute atomic E-state index is 0.560. The Labute approximate surface area is 150 Å². The van der Waals surface area contributed by atoms with Gasteiger partial charge in [0, 0.05) is 48.2 Å². The number of nitrogens with zero attached hydrogens (tertiary/aromatic N) is 6. The topological polar surface area (TPSA) is 80.8 Å². The van der Waals surface area contributed by atoms with Gasteiger partial charge in [0.2, 0.25) is 11.7 Å². The smallest absolute Gasteiger partial charge is 0.241 e. The second-order valence-corrected chi connectivity index (χ2v) is 6.70. The number of rotatable bonds is 8. The molecule has 3 aromatic rings. The molecule has 0 aliphatic heterocycles. The number of pyridine rings is 1. The third kappa shape index (κ3) is 5.07. The lowest BCUT2D eigenvalue weighted by Crippen LogP contribution is -2.17. The van der Waals surface area contributed by atoms with Crippen LogP contribution in [0.2, 0.25) is 0 Å². The second-order valence-electron chi connectivity index (χ2n) is 5.64. The van der Waals surface area contributed by atoms with Gasteiger partial charge in [0.25, 0.3) is 0 Å². The van der Waals surface area contributed by atoms with Crippen molar-refractivity contribution in [2.24, 2.45) is 0 Å². The fraction of sp³-hybridized carbons (Fsp3) is 0.353. The summed E-state index contributed by atoms with van der Waals surface area (Å²) in [4.78, 5) is 19.3. The molecule has 0 fully saturated rings. The van der Waals surface area contributed by atoms with Crippen molar-refractivity contribution in [3.63, 3.8) is 0 Å². The number of thioether (sulfide) groups is 1. The maximum absolute atomic E-state index is 5.33. The Kier molecular flexibility index (Phi) is 6.08. The van der Waals surface area contributed by atoms with Gasteiger partial charge in [0.1, 0.15) is 0 Å². The van der Waals surface area contributed by atoms with Crippen LogP contribution in [0.3, 0.4) is 0 Å². The van der Waals surface area contributed by atoms with Gasteiger partial charge in [-0.15, -0.1) is 0 Å². The van der Waals surface area contributed by atoms with Gasteiger partial charge in [0.15, 0.2) is 5.16 Å². The zero-order chi connectivity index (χ0) is 17.5. The summed E-state index contributed by atoms with van der Waals surface area (Å²) in [5.74, 6) is 2.19. The van der Waals surface area contributed by atoms with E-state index in [0.29, 0.717) is 24.8 Å². The molecular formula is C17H20N6OS. The highest BCUT2D eigenvalue weighted by molar-refractivity contribution is 7.99. The molecule has 25 heavy (non-hydrogen) atoms. The summed E-state index contributed by atoms with van der Waals surface area (Å²) in [6.07, 6.45) is 8.28. The van der Waals surface area contributed by atoms with E-state index < -0.39 is 0 Å². The van der Waals surface area contributed by atoms with Gasteiger partial charge < -0.3 is 4.52 Å². The van der Waals surface area contributed by atoms with E-state index in [9.17, 15) is 0 Å². The van der Waals surface area contributed by atoms with Gasteiger partial charge in [-0.2, -0.15) is 4.98 Å². The molecule has 0 atom stereocenters. The Bertz CT molecular complexity index is 777. The maximum atomic E-state index is 5.33. The first-order chi connectivity index (χ1) is 12.2. The molecule has 0 N–H and O–H groups in total. The molecule has 3 heterocycles. The molecule has 0 spiro atoms. The average molecular weight is 356 g/mol. The van der Waals surface area contributed by atoms with Gasteiger partial charge in [-0.3, -0.25) is 9.88 Å². The Morgan fingerprint density at radius 1 is 1.12 bits per heavy atom. The van der Waals surface area contributed by atoms with Crippen LogP contribution >= 0.6 is 11.8 Å². The molecule has 130 valence electrons. The van der Waals surface area contributed by atoms with Crippen molar-refractivity contribution in [1.82, 2.24) is 30.0 Å². The highest BCUT2D eigenvalue weighted by Crippen LogP contribution is 2.16. The zero-order valence-electron chi connectivity index (χ0n) is 14.3. The summed E-state index contributed by atoms with van der Waals surface area (Å²) < 4.78 is 5.33. The molecule has 0 radical (unpaired) electrons. The molecule has 0 saturated heterocycles. The first-order valence-corrected chi connectivity index (χ1v) is 9.08. The molecule has 3 rings (SSSR count). The van der Waals surface area contributed by atoms with Crippen LogP contribution in [0.5, 0.6) is 0 Å². The van der Waals surface area contributed by atoms with Gasteiger partial charge >= 0.3 is 0 Å². The van der Waals surface area contributed by atoms with E-state index in [1.54, 1.807) is 24.2 Å². The highest BCUT2D eigenvalue weighted by atomic mass is 32.2. The van der Waals surface area contributed by atoms with Crippen molar-refractivity contribution in [2.75, 3.05) is 12.8 Å². The molecule has 0 aromatic carbocycles. The lowest BCUT2D eigenvalue weighted by Gasteiger charge is -2.13. The van der Waals surface area contributed by atoms with Crippen LogP contribution in [0, 0.1) is 0 Å². The minimum Gasteiger partial charge on any atom is -0.338 e. The fourth-order valence-corrected chi connectivity index (χ4v) is 2.87. The SMILES string of the molecule is CCCSc1ncc(CN(C)Cc2nc(-c3ccncc3)no2)cn1. The van der Waals surface area contributed by atoms with Crippen LogP contribution in [0.1, 0.15) is 24.8 Å². The summed E-state index contributed by atoms with van der Waals surface area (Å²) in [7, 11) is 2.00. The lowest BCUT2D eigenvalue weighted by atomic mass is 10.2. The largest absolute Gasteiger partial charge is 0.338 e. The first-order valence-electron chi connectivity index (χ1n) is 8.10. The van der Waals surface area contributed by atoms with E-state index in [-0.39, 0.29) is 0 Å². The van der Waals surface area contributed by atoms with Gasteiger partial charge in [-0.25, -0.2) is 9.97 Å². The predicted octanol–water partition coefficient (Wildman–Crippen LogP) is 3.06. The molecule has 0 aliphatic rings. The summed E-state index contributed by atoms with van der Waals surface area (Å²) in [6.45, 7) is 3.42. The molecule has 0 aliphatic carbocycles. The van der Waals surface area contributed by atoms with E-state index in [2.05, 4.69) is 36.9 Å². The van der Waals surface area contributed by atoms with Crippen molar-refractivity contribution < 1.29 is 4.52 Å². The number of aromatic nitrogens is 5. The van der Waals surface area contributed by atoms with Crippen molar-refractivity contribution in [3.8, 4) is 11.4 Å². The first kappa shape index (κ1) is 17.5. The van der Waals surface area contributed by atoms with E-state index in [1.807, 2.05) is 31.6 Å². The third-order valence-corrected chi connectivity index (χ3v) is 4.46. The van der Waals surface area contributed by atoms with Crippen molar-refractivity contribution >= 4 is 11.8 Å². The Balaban J connectivity index is 1.56. The second kappa shape index (κ2) is 8.68. The third-order valence-electron chi connectivity index (χ3n) is 3.38. The summed E-state index contributed by atoms with van der Waals surface area (Å²) >= 11 is 1.68. The van der Waals surface area contributed by atoms with Gasteiger partial charge in [0.05, 0.1) is 6.54 Å². The Morgan fingerprint density at radius 3 is 2.60 bits per heavy atom. The quantitative estimate of drug-likeness (QED) is 0.450. The molecule has 7 nitrogen and oxygen atoms in total. The summed E-state index contributed by atoms with van der Waals surface area (Å²) in [5.41, 5.74) is 1.94. The molecule has 3 aromatic heterocycles. The summed E-state index contributed by atoms with van der Waals surface area (Å²) in [6, 6.07) is 3.71. The highest BCUT2D eigenvalue weighted by Gasteiger charge is 2.11. The van der Waals surface area contributed by atoms with Crippen LogP contribution < -0.4 is 0 Å². The van der Waals surface area contributed by atoms with Crippen molar-refractivity contribution in [3.05, 3.63) is 48.4 Å². The van der Waals surface area contributed by atoms with Gasteiger partial charge in [-0.1, -0.05) is 23.8 Å². The van der Waals surface area contributed by atoms with Crippen LogP contribution in [-0.2, 0) is 13.1 Å². The van der Waals surface area contributed by atoms with E-state index in [4.69, 9.17) is 4.52 Å². The zero-order valence-corrected chi connectivity index (χ0v) is 15.1. The van der Waals surface area contributed by atoms with Crippen LogP contribution in [0.4, 0.5) is 0 Å². The van der Waals surface area contributed by atoms with E-state index in [0.717, 1.165) is 28.5 Å². The monoisotopic (exact) mass is 356 g/mol. The normalized spacial score (nSPS) is 11.2. The molecule has 0 amide bonds. The summed E-state index contributed by atoms with van der Waals surface area (Å²) in [5, 5.41) is 4.84. The van der Waals surface area contributed by atoms with Crippen LogP contribution in [0.15, 0.2) is 46.6 Å². The molecule has 0 bridgehead atoms. The molecular weight excluding hydrogens is 336 g/mol.